The lowest BCUT2D eigenvalue weighted by Crippen LogP contribution is -2.42. The zero-order valence-electron chi connectivity index (χ0n) is 16.1. The number of pyridine rings is 1. The molecule has 1 atom stereocenters. The van der Waals surface area contributed by atoms with Crippen LogP contribution in [0.2, 0.25) is 0 Å². The van der Waals surface area contributed by atoms with Crippen LogP contribution in [0.4, 0.5) is 22.0 Å². The van der Waals surface area contributed by atoms with Crippen LogP contribution in [-0.4, -0.2) is 44.6 Å². The molecular formula is C20H15F5N4O3. The Morgan fingerprint density at radius 1 is 1.16 bits per heavy atom. The summed E-state index contributed by atoms with van der Waals surface area (Å²) >= 11 is 0. The van der Waals surface area contributed by atoms with Gasteiger partial charge in [-0.3, -0.25) is 14.6 Å². The number of alkyl halides is 5. The summed E-state index contributed by atoms with van der Waals surface area (Å²) in [5, 5.41) is 15.1. The van der Waals surface area contributed by atoms with Crippen LogP contribution in [0, 0.1) is 0 Å². The Morgan fingerprint density at radius 2 is 1.84 bits per heavy atom. The molecule has 168 valence electrons. The molecule has 0 fully saturated rings. The van der Waals surface area contributed by atoms with Crippen LogP contribution in [0.3, 0.4) is 0 Å². The van der Waals surface area contributed by atoms with E-state index in [1.165, 1.54) is 36.7 Å². The number of nitrogens with zero attached hydrogens (tertiary/aromatic N) is 3. The van der Waals surface area contributed by atoms with E-state index >= 15 is 0 Å². The average molecular weight is 454 g/mol. The summed E-state index contributed by atoms with van der Waals surface area (Å²) in [5.41, 5.74) is -1.32. The smallest absolute Gasteiger partial charge is 0.382 e. The third-order valence-corrected chi connectivity index (χ3v) is 4.34. The lowest BCUT2D eigenvalue weighted by molar-refractivity contribution is -0.201. The molecule has 2 aromatic heterocycles. The van der Waals surface area contributed by atoms with Crippen LogP contribution in [0.15, 0.2) is 59.7 Å². The first-order valence-corrected chi connectivity index (χ1v) is 9.04. The van der Waals surface area contributed by atoms with Crippen LogP contribution in [-0.2, 0) is 0 Å². The molecule has 0 radical (unpaired) electrons. The van der Waals surface area contributed by atoms with Crippen molar-refractivity contribution in [1.29, 1.82) is 0 Å². The first kappa shape index (κ1) is 23.0. The summed E-state index contributed by atoms with van der Waals surface area (Å²) in [4.78, 5) is 29.1. The second-order valence-electron chi connectivity index (χ2n) is 6.56. The highest BCUT2D eigenvalue weighted by Crippen LogP contribution is 2.24. The van der Waals surface area contributed by atoms with Crippen molar-refractivity contribution in [3.8, 4) is 16.9 Å². The number of benzene rings is 1. The Bertz CT molecular complexity index is 1150. The molecule has 0 aliphatic rings. The largest absolute Gasteiger partial charge is 0.416 e. The van der Waals surface area contributed by atoms with E-state index in [0.717, 1.165) is 22.9 Å². The van der Waals surface area contributed by atoms with Gasteiger partial charge in [0.1, 0.15) is 5.56 Å². The standard InChI is InChI=1S/C20H15F5N4O3/c21-17(22)12-5-3-11(4-6-12)15-8-14(18(31)27-10-16(30)20(23,24)25)19(32)29(28-15)13-2-1-7-26-9-13/h1-9,16-17,30H,10H2,(H,27,31). The quantitative estimate of drug-likeness (QED) is 0.559. The number of aliphatic hydroxyl groups excluding tert-OH is 1. The molecule has 7 nitrogen and oxygen atoms in total. The summed E-state index contributed by atoms with van der Waals surface area (Å²) in [6.45, 7) is -1.17. The van der Waals surface area contributed by atoms with E-state index in [-0.39, 0.29) is 22.5 Å². The Labute approximate surface area is 177 Å². The predicted molar refractivity (Wildman–Crippen MR) is 102 cm³/mol. The van der Waals surface area contributed by atoms with Crippen molar-refractivity contribution in [3.63, 3.8) is 0 Å². The van der Waals surface area contributed by atoms with Crippen molar-refractivity contribution in [3.05, 3.63) is 76.3 Å². The Hall–Kier alpha value is -3.67. The minimum atomic E-state index is -4.96. The van der Waals surface area contributed by atoms with Gasteiger partial charge in [0.2, 0.25) is 0 Å². The van der Waals surface area contributed by atoms with E-state index < -0.39 is 42.3 Å². The van der Waals surface area contributed by atoms with Gasteiger partial charge >= 0.3 is 6.18 Å². The van der Waals surface area contributed by atoms with Crippen molar-refractivity contribution >= 4 is 5.91 Å². The van der Waals surface area contributed by atoms with Gasteiger partial charge in [-0.1, -0.05) is 24.3 Å². The lowest BCUT2D eigenvalue weighted by atomic mass is 10.1. The van der Waals surface area contributed by atoms with E-state index in [1.807, 2.05) is 5.32 Å². The molecule has 3 aromatic rings. The molecule has 0 saturated heterocycles. The number of aromatic nitrogens is 3. The highest BCUT2D eigenvalue weighted by atomic mass is 19.4. The minimum absolute atomic E-state index is 0.0239. The topological polar surface area (TPSA) is 97.1 Å². The maximum Gasteiger partial charge on any atom is 0.416 e. The summed E-state index contributed by atoms with van der Waals surface area (Å²) in [5.74, 6) is -1.18. The molecule has 0 bridgehead atoms. The van der Waals surface area contributed by atoms with Gasteiger partial charge in [-0.15, -0.1) is 0 Å². The van der Waals surface area contributed by atoms with E-state index in [9.17, 15) is 31.5 Å². The number of hydrogen-bond donors (Lipinski definition) is 2. The van der Waals surface area contributed by atoms with Crippen LogP contribution in [0.25, 0.3) is 16.9 Å². The van der Waals surface area contributed by atoms with Crippen molar-refractivity contribution in [1.82, 2.24) is 20.1 Å². The molecule has 1 aromatic carbocycles. The van der Waals surface area contributed by atoms with E-state index in [1.54, 1.807) is 0 Å². The highest BCUT2D eigenvalue weighted by Gasteiger charge is 2.38. The van der Waals surface area contributed by atoms with Crippen molar-refractivity contribution in [2.45, 2.75) is 18.7 Å². The number of aliphatic hydroxyl groups is 1. The van der Waals surface area contributed by atoms with Gasteiger partial charge in [-0.05, 0) is 18.2 Å². The van der Waals surface area contributed by atoms with Gasteiger partial charge in [0.25, 0.3) is 17.9 Å². The molecule has 0 spiro atoms. The average Bonchev–Trinajstić information content (AvgIpc) is 2.77. The predicted octanol–water partition coefficient (Wildman–Crippen LogP) is 2.89. The molecule has 0 aliphatic heterocycles. The fourth-order valence-corrected chi connectivity index (χ4v) is 2.65. The first-order chi connectivity index (χ1) is 15.1. The normalized spacial score (nSPS) is 12.6. The van der Waals surface area contributed by atoms with Crippen molar-refractivity contribution in [2.75, 3.05) is 6.54 Å². The van der Waals surface area contributed by atoms with Gasteiger partial charge in [-0.25, -0.2) is 8.78 Å². The second-order valence-corrected chi connectivity index (χ2v) is 6.56. The number of carbonyl (C=O) groups excluding carboxylic acids is 1. The highest BCUT2D eigenvalue weighted by molar-refractivity contribution is 5.94. The summed E-state index contributed by atoms with van der Waals surface area (Å²) < 4.78 is 64.0. The summed E-state index contributed by atoms with van der Waals surface area (Å²) in [6, 6.07) is 8.87. The van der Waals surface area contributed by atoms with Crippen molar-refractivity contribution in [2.24, 2.45) is 0 Å². The maximum atomic E-state index is 12.8. The molecule has 32 heavy (non-hydrogen) atoms. The molecule has 0 aliphatic carbocycles. The molecule has 1 amide bonds. The molecule has 0 saturated carbocycles. The third kappa shape index (κ3) is 5.14. The number of hydrogen-bond acceptors (Lipinski definition) is 5. The minimum Gasteiger partial charge on any atom is -0.382 e. The number of carbonyl (C=O) groups is 1. The van der Waals surface area contributed by atoms with Gasteiger partial charge in [-0.2, -0.15) is 23.0 Å². The zero-order valence-corrected chi connectivity index (χ0v) is 16.1. The monoisotopic (exact) mass is 454 g/mol. The summed E-state index contributed by atoms with van der Waals surface area (Å²) in [6.07, 6.45) is -7.79. The lowest BCUT2D eigenvalue weighted by Gasteiger charge is -2.15. The first-order valence-electron chi connectivity index (χ1n) is 9.04. The van der Waals surface area contributed by atoms with Crippen LogP contribution < -0.4 is 10.9 Å². The number of halogens is 5. The zero-order chi connectivity index (χ0) is 23.5. The number of rotatable bonds is 6. The maximum absolute atomic E-state index is 12.8. The van der Waals surface area contributed by atoms with Crippen LogP contribution >= 0.6 is 0 Å². The van der Waals surface area contributed by atoms with Crippen LogP contribution in [0.1, 0.15) is 22.3 Å². The molecule has 1 unspecified atom stereocenters. The van der Waals surface area contributed by atoms with Gasteiger partial charge in [0, 0.05) is 17.3 Å². The SMILES string of the molecule is O=C(NCC(O)C(F)(F)F)c1cc(-c2ccc(C(F)F)cc2)nn(-c2cccnc2)c1=O. The Morgan fingerprint density at radius 3 is 2.41 bits per heavy atom. The van der Waals surface area contributed by atoms with Gasteiger partial charge in [0.15, 0.2) is 6.10 Å². The fraction of sp³-hybridized carbons (Fsp3) is 0.200. The van der Waals surface area contributed by atoms with E-state index in [0.29, 0.717) is 0 Å². The third-order valence-electron chi connectivity index (χ3n) is 4.34. The van der Waals surface area contributed by atoms with Crippen molar-refractivity contribution < 1.29 is 31.9 Å². The van der Waals surface area contributed by atoms with Gasteiger partial charge in [0.05, 0.1) is 24.1 Å². The molecular weight excluding hydrogens is 439 g/mol. The molecule has 3 rings (SSSR count). The molecule has 2 N–H and O–H groups in total. The second kappa shape index (κ2) is 9.22. The molecule has 2 heterocycles. The Kier molecular flexibility index (Phi) is 6.63. The van der Waals surface area contributed by atoms with E-state index in [2.05, 4.69) is 10.1 Å². The number of nitrogens with one attached hydrogen (secondary N) is 1. The summed E-state index contributed by atoms with van der Waals surface area (Å²) in [7, 11) is 0. The van der Waals surface area contributed by atoms with Gasteiger partial charge < -0.3 is 10.4 Å². The van der Waals surface area contributed by atoms with Crippen LogP contribution in [0.5, 0.6) is 0 Å². The Balaban J connectivity index is 2.05. The van der Waals surface area contributed by atoms with E-state index in [4.69, 9.17) is 5.11 Å². The molecule has 12 heteroatoms. The fourth-order valence-electron chi connectivity index (χ4n) is 2.65. The number of amides is 1.